The molecule has 0 fully saturated rings. The first-order valence-corrected chi connectivity index (χ1v) is 8.85. The van der Waals surface area contributed by atoms with E-state index in [1.165, 1.54) is 0 Å². The van der Waals surface area contributed by atoms with Gasteiger partial charge >= 0.3 is 0 Å². The maximum Gasteiger partial charge on any atom is 0.171 e. The number of fused-ring (bicyclic) bond motifs is 1. The summed E-state index contributed by atoms with van der Waals surface area (Å²) in [6, 6.07) is 17.5. The van der Waals surface area contributed by atoms with Crippen LogP contribution in [0.1, 0.15) is 0 Å². The van der Waals surface area contributed by atoms with Crippen molar-refractivity contribution in [1.82, 2.24) is 15.0 Å². The number of imidazole rings is 1. The molecule has 0 unspecified atom stereocenters. The van der Waals surface area contributed by atoms with E-state index in [0.717, 1.165) is 38.1 Å². The number of aromatic amines is 1. The first-order valence-electron chi connectivity index (χ1n) is 7.65. The molecule has 0 bridgehead atoms. The van der Waals surface area contributed by atoms with Crippen molar-refractivity contribution in [1.29, 1.82) is 0 Å². The number of pyridine rings is 1. The molecular weight excluding hydrogens is 354 g/mol. The van der Waals surface area contributed by atoms with Crippen LogP contribution in [0, 0.1) is 0 Å². The second-order valence-corrected chi connectivity index (χ2v) is 6.85. The molecule has 4 nitrogen and oxygen atoms in total. The highest BCUT2D eigenvalue weighted by Gasteiger charge is 2.11. The van der Waals surface area contributed by atoms with E-state index in [1.807, 2.05) is 48.5 Å². The summed E-state index contributed by atoms with van der Waals surface area (Å²) in [5.41, 5.74) is 3.71. The van der Waals surface area contributed by atoms with Gasteiger partial charge in [-0.05, 0) is 30.3 Å². The van der Waals surface area contributed by atoms with Crippen molar-refractivity contribution in [2.45, 2.75) is 10.1 Å². The Labute approximate surface area is 154 Å². The second-order valence-electron chi connectivity index (χ2n) is 5.38. The van der Waals surface area contributed by atoms with Crippen LogP contribution in [0.3, 0.4) is 0 Å². The van der Waals surface area contributed by atoms with Gasteiger partial charge in [0.15, 0.2) is 5.16 Å². The van der Waals surface area contributed by atoms with Crippen LogP contribution in [-0.2, 0) is 0 Å². The third kappa shape index (κ3) is 3.34. The molecule has 0 saturated carbocycles. The molecule has 0 radical (unpaired) electrons. The van der Waals surface area contributed by atoms with Gasteiger partial charge in [-0.15, -0.1) is 0 Å². The summed E-state index contributed by atoms with van der Waals surface area (Å²) in [5, 5.41) is 1.50. The molecule has 0 spiro atoms. The zero-order valence-corrected chi connectivity index (χ0v) is 14.9. The smallest absolute Gasteiger partial charge is 0.171 e. The summed E-state index contributed by atoms with van der Waals surface area (Å²) in [6.07, 6.45) is 1.75. The minimum atomic E-state index is 0.689. The number of aromatic nitrogens is 3. The number of nitrogens with zero attached hydrogens (tertiary/aromatic N) is 2. The molecule has 25 heavy (non-hydrogen) atoms. The Bertz CT molecular complexity index is 1050. The topological polar surface area (TPSA) is 50.8 Å². The van der Waals surface area contributed by atoms with Crippen LogP contribution >= 0.6 is 23.4 Å². The third-order valence-corrected chi connectivity index (χ3v) is 4.96. The van der Waals surface area contributed by atoms with Gasteiger partial charge in [-0.2, -0.15) is 0 Å². The van der Waals surface area contributed by atoms with Crippen molar-refractivity contribution in [3.8, 4) is 17.0 Å². The van der Waals surface area contributed by atoms with Gasteiger partial charge in [0.05, 0.1) is 23.8 Å². The summed E-state index contributed by atoms with van der Waals surface area (Å²) in [6.45, 7) is 0. The van der Waals surface area contributed by atoms with E-state index in [-0.39, 0.29) is 0 Å². The van der Waals surface area contributed by atoms with Crippen molar-refractivity contribution in [2.75, 3.05) is 7.11 Å². The quantitative estimate of drug-likeness (QED) is 0.522. The lowest BCUT2D eigenvalue weighted by Crippen LogP contribution is -1.89. The molecule has 0 atom stereocenters. The standard InChI is InChI=1S/C19H14ClN3OS/c1-24-13-8-9-21-16(11-13)14-4-2-3-5-18(14)25-19-22-15-7-6-12(20)10-17(15)23-19/h2-11H,1H3,(H,22,23). The van der Waals surface area contributed by atoms with Crippen LogP contribution in [0.5, 0.6) is 5.75 Å². The molecule has 124 valence electrons. The molecule has 2 heterocycles. The Kier molecular flexibility index (Phi) is 4.34. The van der Waals surface area contributed by atoms with Crippen molar-refractivity contribution >= 4 is 34.4 Å². The lowest BCUT2D eigenvalue weighted by molar-refractivity contribution is 0.414. The fourth-order valence-electron chi connectivity index (χ4n) is 2.56. The third-order valence-electron chi connectivity index (χ3n) is 3.76. The van der Waals surface area contributed by atoms with Gasteiger partial charge in [0, 0.05) is 27.7 Å². The molecule has 0 aliphatic rings. The Hall–Kier alpha value is -2.50. The first-order chi connectivity index (χ1) is 12.2. The summed E-state index contributed by atoms with van der Waals surface area (Å²) >= 11 is 7.61. The maximum atomic E-state index is 6.05. The van der Waals surface area contributed by atoms with E-state index in [4.69, 9.17) is 16.3 Å². The van der Waals surface area contributed by atoms with Gasteiger partial charge < -0.3 is 9.72 Å². The zero-order chi connectivity index (χ0) is 17.2. The van der Waals surface area contributed by atoms with Crippen molar-refractivity contribution in [3.05, 3.63) is 65.8 Å². The monoisotopic (exact) mass is 367 g/mol. The van der Waals surface area contributed by atoms with Gasteiger partial charge in [0.25, 0.3) is 0 Å². The number of ether oxygens (including phenoxy) is 1. The van der Waals surface area contributed by atoms with E-state index >= 15 is 0 Å². The molecule has 2 aromatic carbocycles. The molecule has 4 aromatic rings. The summed E-state index contributed by atoms with van der Waals surface area (Å²) < 4.78 is 5.31. The number of H-pyrrole nitrogens is 1. The van der Waals surface area contributed by atoms with Crippen LogP contribution in [-0.4, -0.2) is 22.1 Å². The zero-order valence-electron chi connectivity index (χ0n) is 13.4. The van der Waals surface area contributed by atoms with Crippen molar-refractivity contribution in [3.63, 3.8) is 0 Å². The summed E-state index contributed by atoms with van der Waals surface area (Å²) in [4.78, 5) is 13.5. The lowest BCUT2D eigenvalue weighted by Gasteiger charge is -2.08. The number of halogens is 1. The molecule has 2 aromatic heterocycles. The number of hydrogen-bond donors (Lipinski definition) is 1. The number of rotatable bonds is 4. The molecule has 0 saturated heterocycles. The molecule has 0 aliphatic carbocycles. The van der Waals surface area contributed by atoms with Gasteiger partial charge in [-0.25, -0.2) is 4.98 Å². The van der Waals surface area contributed by atoms with Crippen LogP contribution in [0.2, 0.25) is 5.02 Å². The lowest BCUT2D eigenvalue weighted by atomic mass is 10.1. The Balaban J connectivity index is 1.72. The summed E-state index contributed by atoms with van der Waals surface area (Å²) in [5.74, 6) is 0.781. The normalized spacial score (nSPS) is 11.0. The average Bonchev–Trinajstić information content (AvgIpc) is 3.03. The predicted octanol–water partition coefficient (Wildman–Crippen LogP) is 5.44. The van der Waals surface area contributed by atoms with Crippen LogP contribution in [0.15, 0.2) is 70.8 Å². The minimum Gasteiger partial charge on any atom is -0.497 e. The van der Waals surface area contributed by atoms with E-state index in [2.05, 4.69) is 21.0 Å². The van der Waals surface area contributed by atoms with Gasteiger partial charge in [0.2, 0.25) is 0 Å². The van der Waals surface area contributed by atoms with Crippen LogP contribution in [0.25, 0.3) is 22.3 Å². The summed E-state index contributed by atoms with van der Waals surface area (Å²) in [7, 11) is 1.65. The number of methoxy groups -OCH3 is 1. The second kappa shape index (κ2) is 6.78. The van der Waals surface area contributed by atoms with E-state index in [1.54, 1.807) is 25.1 Å². The van der Waals surface area contributed by atoms with Gasteiger partial charge in [0.1, 0.15) is 5.75 Å². The maximum absolute atomic E-state index is 6.05. The van der Waals surface area contributed by atoms with E-state index < -0.39 is 0 Å². The number of benzene rings is 2. The molecular formula is C19H14ClN3OS. The van der Waals surface area contributed by atoms with Gasteiger partial charge in [-0.1, -0.05) is 41.6 Å². The van der Waals surface area contributed by atoms with Gasteiger partial charge in [-0.3, -0.25) is 4.98 Å². The Morgan fingerprint density at radius 1 is 1.08 bits per heavy atom. The molecule has 1 N–H and O–H groups in total. The van der Waals surface area contributed by atoms with Crippen LogP contribution in [0.4, 0.5) is 0 Å². The molecule has 6 heteroatoms. The average molecular weight is 368 g/mol. The number of nitrogens with one attached hydrogen (secondary N) is 1. The fourth-order valence-corrected chi connectivity index (χ4v) is 3.68. The largest absolute Gasteiger partial charge is 0.497 e. The Morgan fingerprint density at radius 2 is 1.96 bits per heavy atom. The highest BCUT2D eigenvalue weighted by Crippen LogP contribution is 2.35. The van der Waals surface area contributed by atoms with Crippen LogP contribution < -0.4 is 4.74 Å². The molecule has 0 amide bonds. The predicted molar refractivity (Wildman–Crippen MR) is 101 cm³/mol. The Morgan fingerprint density at radius 3 is 2.84 bits per heavy atom. The SMILES string of the molecule is COc1ccnc(-c2ccccc2Sc2nc3ccc(Cl)cc3[nH]2)c1. The molecule has 4 rings (SSSR count). The fraction of sp³-hybridized carbons (Fsp3) is 0.0526. The molecule has 0 aliphatic heterocycles. The van der Waals surface area contributed by atoms with Crippen molar-refractivity contribution in [2.24, 2.45) is 0 Å². The van der Waals surface area contributed by atoms with E-state index in [9.17, 15) is 0 Å². The minimum absolute atomic E-state index is 0.689. The van der Waals surface area contributed by atoms with Crippen molar-refractivity contribution < 1.29 is 4.74 Å². The highest BCUT2D eigenvalue weighted by atomic mass is 35.5. The van der Waals surface area contributed by atoms with E-state index in [0.29, 0.717) is 5.02 Å². The number of hydrogen-bond acceptors (Lipinski definition) is 4. The highest BCUT2D eigenvalue weighted by molar-refractivity contribution is 7.99. The first kappa shape index (κ1) is 16.0.